The van der Waals surface area contributed by atoms with Gasteiger partial charge in [-0.05, 0) is 23.8 Å². The van der Waals surface area contributed by atoms with E-state index in [1.165, 1.54) is 0 Å². The van der Waals surface area contributed by atoms with Crippen LogP contribution in [0, 0.1) is 0 Å². The number of carbonyl (C=O) groups excluding carboxylic acids is 1. The molecular formula is C22H17ClN4O. The number of nitrogens with one attached hydrogen (secondary N) is 1. The Kier molecular flexibility index (Phi) is 5.17. The first kappa shape index (κ1) is 17.9. The van der Waals surface area contributed by atoms with Crippen LogP contribution >= 0.6 is 11.6 Å². The van der Waals surface area contributed by atoms with E-state index in [1.54, 1.807) is 16.8 Å². The highest BCUT2D eigenvalue weighted by Crippen LogP contribution is 2.22. The average Bonchev–Trinajstić information content (AvgIpc) is 3.19. The van der Waals surface area contributed by atoms with E-state index in [-0.39, 0.29) is 11.7 Å². The minimum Gasteiger partial charge on any atom is -0.345 e. The second kappa shape index (κ2) is 8.06. The molecule has 0 radical (unpaired) electrons. The summed E-state index contributed by atoms with van der Waals surface area (Å²) in [6, 6.07) is 26.6. The molecule has 0 saturated heterocycles. The summed E-state index contributed by atoms with van der Waals surface area (Å²) in [7, 11) is 0. The summed E-state index contributed by atoms with van der Waals surface area (Å²) in [4.78, 5) is 17.1. The molecule has 1 aromatic heterocycles. The molecule has 6 heteroatoms. The van der Waals surface area contributed by atoms with Gasteiger partial charge in [-0.25, -0.2) is 9.67 Å². The molecule has 28 heavy (non-hydrogen) atoms. The average molecular weight is 389 g/mol. The van der Waals surface area contributed by atoms with Crippen molar-refractivity contribution in [1.29, 1.82) is 0 Å². The molecule has 0 unspecified atom stereocenters. The van der Waals surface area contributed by atoms with Crippen molar-refractivity contribution >= 4 is 17.5 Å². The van der Waals surface area contributed by atoms with Gasteiger partial charge in [0.2, 0.25) is 5.82 Å². The van der Waals surface area contributed by atoms with Crippen LogP contribution in [0.4, 0.5) is 0 Å². The zero-order chi connectivity index (χ0) is 19.3. The molecular weight excluding hydrogens is 372 g/mol. The molecule has 1 heterocycles. The predicted octanol–water partition coefficient (Wildman–Crippen LogP) is 4.52. The Balaban J connectivity index is 1.68. The van der Waals surface area contributed by atoms with Gasteiger partial charge in [0.05, 0.1) is 5.69 Å². The highest BCUT2D eigenvalue weighted by Gasteiger charge is 2.18. The van der Waals surface area contributed by atoms with Gasteiger partial charge in [0.15, 0.2) is 5.82 Å². The molecule has 0 aliphatic carbocycles. The van der Waals surface area contributed by atoms with Gasteiger partial charge < -0.3 is 5.32 Å². The highest BCUT2D eigenvalue weighted by molar-refractivity contribution is 6.30. The molecule has 0 bridgehead atoms. The number of rotatable bonds is 5. The van der Waals surface area contributed by atoms with E-state index in [1.807, 2.05) is 72.8 Å². The molecule has 3 aromatic carbocycles. The molecule has 0 saturated carbocycles. The number of hydrogen-bond acceptors (Lipinski definition) is 3. The fraction of sp³-hybridized carbons (Fsp3) is 0.0455. The van der Waals surface area contributed by atoms with Crippen molar-refractivity contribution in [3.8, 4) is 17.1 Å². The van der Waals surface area contributed by atoms with E-state index < -0.39 is 0 Å². The number of benzene rings is 3. The topological polar surface area (TPSA) is 59.8 Å². The summed E-state index contributed by atoms with van der Waals surface area (Å²) in [5.41, 5.74) is 2.60. The lowest BCUT2D eigenvalue weighted by Crippen LogP contribution is -2.24. The van der Waals surface area contributed by atoms with Crippen LogP contribution in [0.1, 0.15) is 16.2 Å². The molecule has 0 spiro atoms. The van der Waals surface area contributed by atoms with Crippen molar-refractivity contribution in [2.45, 2.75) is 6.54 Å². The van der Waals surface area contributed by atoms with Crippen molar-refractivity contribution in [3.05, 3.63) is 101 Å². The van der Waals surface area contributed by atoms with Crippen molar-refractivity contribution in [2.75, 3.05) is 0 Å². The summed E-state index contributed by atoms with van der Waals surface area (Å²) >= 11 is 6.14. The normalized spacial score (nSPS) is 10.6. The molecule has 4 aromatic rings. The van der Waals surface area contributed by atoms with Crippen LogP contribution in [0.5, 0.6) is 0 Å². The third-order valence-electron chi connectivity index (χ3n) is 4.19. The minimum atomic E-state index is -0.332. The summed E-state index contributed by atoms with van der Waals surface area (Å²) in [6.07, 6.45) is 0. The first-order valence-corrected chi connectivity index (χ1v) is 9.19. The van der Waals surface area contributed by atoms with Gasteiger partial charge in [-0.2, -0.15) is 0 Å². The van der Waals surface area contributed by atoms with Crippen molar-refractivity contribution < 1.29 is 4.79 Å². The molecule has 138 valence electrons. The van der Waals surface area contributed by atoms with Crippen molar-refractivity contribution in [2.24, 2.45) is 0 Å². The van der Waals surface area contributed by atoms with Gasteiger partial charge in [0, 0.05) is 17.1 Å². The maximum atomic E-state index is 12.6. The van der Waals surface area contributed by atoms with Gasteiger partial charge in [-0.1, -0.05) is 78.3 Å². The maximum Gasteiger partial charge on any atom is 0.291 e. The van der Waals surface area contributed by atoms with E-state index in [9.17, 15) is 4.79 Å². The van der Waals surface area contributed by atoms with Crippen LogP contribution in [-0.4, -0.2) is 20.7 Å². The summed E-state index contributed by atoms with van der Waals surface area (Å²) in [6.45, 7) is 0.409. The SMILES string of the molecule is O=C(NCc1ccccc1)c1nc(-c2ccccc2)n(-c2cccc(Cl)c2)n1. The number of halogens is 1. The maximum absolute atomic E-state index is 12.6. The molecule has 4 rings (SSSR count). The number of amides is 1. The third kappa shape index (κ3) is 3.94. The molecule has 0 atom stereocenters. The third-order valence-corrected chi connectivity index (χ3v) is 4.43. The first-order chi connectivity index (χ1) is 13.7. The van der Waals surface area contributed by atoms with Crippen molar-refractivity contribution in [1.82, 2.24) is 20.1 Å². The zero-order valence-corrected chi connectivity index (χ0v) is 15.7. The Morgan fingerprint density at radius 3 is 2.36 bits per heavy atom. The number of hydrogen-bond donors (Lipinski definition) is 1. The summed E-state index contributed by atoms with van der Waals surface area (Å²) in [5, 5.41) is 7.90. The quantitative estimate of drug-likeness (QED) is 0.547. The molecule has 5 nitrogen and oxygen atoms in total. The van der Waals surface area contributed by atoms with E-state index in [4.69, 9.17) is 11.6 Å². The van der Waals surface area contributed by atoms with E-state index in [0.717, 1.165) is 16.8 Å². The fourth-order valence-electron chi connectivity index (χ4n) is 2.83. The second-order valence-electron chi connectivity index (χ2n) is 6.18. The lowest BCUT2D eigenvalue weighted by atomic mass is 10.2. The molecule has 0 aliphatic heterocycles. The zero-order valence-electron chi connectivity index (χ0n) is 14.9. The van der Waals surface area contributed by atoms with Gasteiger partial charge in [0.1, 0.15) is 0 Å². The van der Waals surface area contributed by atoms with Gasteiger partial charge in [-0.15, -0.1) is 5.10 Å². The Labute approximate surface area is 167 Å². The van der Waals surface area contributed by atoms with Crippen LogP contribution in [0.3, 0.4) is 0 Å². The fourth-order valence-corrected chi connectivity index (χ4v) is 3.01. The van der Waals surface area contributed by atoms with E-state index in [0.29, 0.717) is 17.4 Å². The first-order valence-electron chi connectivity index (χ1n) is 8.81. The summed E-state index contributed by atoms with van der Waals surface area (Å²) in [5.74, 6) is 0.351. The molecule has 0 fully saturated rings. The Hall–Kier alpha value is -3.44. The molecule has 1 N–H and O–H groups in total. The van der Waals surface area contributed by atoms with E-state index >= 15 is 0 Å². The van der Waals surface area contributed by atoms with Crippen LogP contribution in [-0.2, 0) is 6.54 Å². The largest absolute Gasteiger partial charge is 0.345 e. The van der Waals surface area contributed by atoms with Crippen LogP contribution in [0.25, 0.3) is 17.1 Å². The van der Waals surface area contributed by atoms with Gasteiger partial charge >= 0.3 is 0 Å². The monoisotopic (exact) mass is 388 g/mol. The summed E-state index contributed by atoms with van der Waals surface area (Å²) < 4.78 is 1.64. The number of carbonyl (C=O) groups is 1. The Morgan fingerprint density at radius 1 is 0.929 bits per heavy atom. The van der Waals surface area contributed by atoms with Gasteiger partial charge in [-0.3, -0.25) is 4.79 Å². The lowest BCUT2D eigenvalue weighted by molar-refractivity contribution is 0.0940. The number of nitrogens with zero attached hydrogens (tertiary/aromatic N) is 3. The van der Waals surface area contributed by atoms with E-state index in [2.05, 4.69) is 15.4 Å². The second-order valence-corrected chi connectivity index (χ2v) is 6.62. The van der Waals surface area contributed by atoms with Gasteiger partial charge in [0.25, 0.3) is 5.91 Å². The smallest absolute Gasteiger partial charge is 0.291 e. The standard InChI is InChI=1S/C22H17ClN4O/c23-18-12-7-13-19(14-18)27-21(17-10-5-2-6-11-17)25-20(26-27)22(28)24-15-16-8-3-1-4-9-16/h1-14H,15H2,(H,24,28). The van der Waals surface area contributed by atoms with Crippen LogP contribution < -0.4 is 5.32 Å². The van der Waals surface area contributed by atoms with Crippen LogP contribution in [0.2, 0.25) is 5.02 Å². The predicted molar refractivity (Wildman–Crippen MR) is 109 cm³/mol. The lowest BCUT2D eigenvalue weighted by Gasteiger charge is -2.06. The van der Waals surface area contributed by atoms with Crippen LogP contribution in [0.15, 0.2) is 84.9 Å². The number of aromatic nitrogens is 3. The Morgan fingerprint density at radius 2 is 1.64 bits per heavy atom. The Bertz CT molecular complexity index is 1090. The van der Waals surface area contributed by atoms with Crippen molar-refractivity contribution in [3.63, 3.8) is 0 Å². The molecule has 1 amide bonds. The minimum absolute atomic E-state index is 0.106. The highest BCUT2D eigenvalue weighted by atomic mass is 35.5. The molecule has 0 aliphatic rings.